The SMILES string of the molecule is C[C@H](N)C(=O)OCC[P+](c1ccccc1)(c1ccccc1)c1ccccc1. The van der Waals surface area contributed by atoms with Crippen molar-refractivity contribution in [2.45, 2.75) is 13.0 Å². The van der Waals surface area contributed by atoms with Gasteiger partial charge in [0.2, 0.25) is 0 Å². The van der Waals surface area contributed by atoms with Gasteiger partial charge in [-0.1, -0.05) is 54.6 Å². The van der Waals surface area contributed by atoms with Gasteiger partial charge in [0.1, 0.15) is 42.0 Å². The van der Waals surface area contributed by atoms with Crippen LogP contribution < -0.4 is 21.6 Å². The highest BCUT2D eigenvalue weighted by Gasteiger charge is 2.45. The molecule has 0 aliphatic carbocycles. The van der Waals surface area contributed by atoms with Crippen molar-refractivity contribution in [3.8, 4) is 0 Å². The van der Waals surface area contributed by atoms with Crippen molar-refractivity contribution in [3.63, 3.8) is 0 Å². The molecule has 3 rings (SSSR count). The third-order valence-electron chi connectivity index (χ3n) is 4.63. The first kappa shape index (κ1) is 19.3. The molecule has 0 aromatic heterocycles. The maximum absolute atomic E-state index is 11.9. The standard InChI is InChI=1S/C23H25NO2P/c1-19(24)23(25)26-17-18-27(20-11-5-2-6-12-20,21-13-7-3-8-14-21)22-15-9-4-10-16-22/h2-16,19H,17-18,24H2,1H3/q+1/t19-/m0/s1. The summed E-state index contributed by atoms with van der Waals surface area (Å²) in [5.41, 5.74) is 5.65. The van der Waals surface area contributed by atoms with Crippen molar-refractivity contribution < 1.29 is 9.53 Å². The van der Waals surface area contributed by atoms with Crippen LogP contribution >= 0.6 is 7.26 Å². The minimum Gasteiger partial charge on any atom is -0.461 e. The monoisotopic (exact) mass is 378 g/mol. The molecule has 3 aromatic carbocycles. The fourth-order valence-electron chi connectivity index (χ4n) is 3.30. The average molecular weight is 378 g/mol. The van der Waals surface area contributed by atoms with Gasteiger partial charge in [-0.25, -0.2) is 0 Å². The van der Waals surface area contributed by atoms with E-state index < -0.39 is 13.3 Å². The molecule has 0 spiro atoms. The zero-order valence-corrected chi connectivity index (χ0v) is 16.4. The minimum atomic E-state index is -1.96. The molecule has 0 aliphatic rings. The van der Waals surface area contributed by atoms with Gasteiger partial charge in [-0.3, -0.25) is 4.79 Å². The van der Waals surface area contributed by atoms with Crippen molar-refractivity contribution in [2.24, 2.45) is 5.73 Å². The van der Waals surface area contributed by atoms with Crippen LogP contribution in [0.1, 0.15) is 6.92 Å². The van der Waals surface area contributed by atoms with E-state index in [2.05, 4.69) is 72.8 Å². The van der Waals surface area contributed by atoms with Gasteiger partial charge in [0.05, 0.1) is 0 Å². The van der Waals surface area contributed by atoms with E-state index in [1.54, 1.807) is 6.92 Å². The number of benzene rings is 3. The van der Waals surface area contributed by atoms with Gasteiger partial charge in [-0.15, -0.1) is 0 Å². The lowest BCUT2D eigenvalue weighted by atomic mass is 10.4. The number of esters is 1. The van der Waals surface area contributed by atoms with Crippen LogP contribution in [0.5, 0.6) is 0 Å². The molecule has 27 heavy (non-hydrogen) atoms. The molecule has 2 N–H and O–H groups in total. The van der Waals surface area contributed by atoms with Crippen molar-refractivity contribution in [1.82, 2.24) is 0 Å². The zero-order valence-electron chi connectivity index (χ0n) is 15.5. The van der Waals surface area contributed by atoms with Gasteiger partial charge in [0.15, 0.2) is 0 Å². The molecule has 3 aromatic rings. The van der Waals surface area contributed by atoms with Crippen LogP contribution in [0.25, 0.3) is 0 Å². The number of hydrogen-bond donors (Lipinski definition) is 1. The zero-order chi connectivity index (χ0) is 19.1. The molecule has 4 heteroatoms. The highest BCUT2D eigenvalue weighted by atomic mass is 31.2. The number of nitrogens with two attached hydrogens (primary N) is 1. The van der Waals surface area contributed by atoms with Gasteiger partial charge in [-0.2, -0.15) is 0 Å². The molecule has 0 radical (unpaired) electrons. The first-order chi connectivity index (χ1) is 13.1. The van der Waals surface area contributed by atoms with Crippen LogP contribution in [0.3, 0.4) is 0 Å². The second-order valence-corrected chi connectivity index (χ2v) is 10.1. The van der Waals surface area contributed by atoms with Crippen LogP contribution in [-0.4, -0.2) is 24.8 Å². The summed E-state index contributed by atoms with van der Waals surface area (Å²) in [5, 5.41) is 3.83. The molecule has 1 atom stereocenters. The number of hydrogen-bond acceptors (Lipinski definition) is 3. The minimum absolute atomic E-state index is 0.340. The second-order valence-electron chi connectivity index (χ2n) is 6.50. The predicted octanol–water partition coefficient (Wildman–Crippen LogP) is 2.87. The summed E-state index contributed by atoms with van der Waals surface area (Å²) < 4.78 is 5.49. The van der Waals surface area contributed by atoms with Crippen LogP contribution in [0.15, 0.2) is 91.0 Å². The molecule has 138 valence electrons. The highest BCUT2D eigenvalue weighted by Crippen LogP contribution is 2.54. The third-order valence-corrected chi connectivity index (χ3v) is 9.03. The summed E-state index contributed by atoms with van der Waals surface area (Å²) >= 11 is 0. The van der Waals surface area contributed by atoms with Crippen molar-refractivity contribution >= 4 is 29.1 Å². The second kappa shape index (κ2) is 8.94. The molecule has 0 saturated carbocycles. The molecular formula is C23H25NO2P+. The topological polar surface area (TPSA) is 52.3 Å². The third kappa shape index (κ3) is 4.27. The number of rotatable bonds is 7. The Balaban J connectivity index is 2.10. The van der Waals surface area contributed by atoms with Crippen molar-refractivity contribution in [2.75, 3.05) is 12.8 Å². The fourth-order valence-corrected chi connectivity index (χ4v) is 7.37. The quantitative estimate of drug-likeness (QED) is 0.508. The van der Waals surface area contributed by atoms with E-state index in [1.807, 2.05) is 18.2 Å². The molecule has 0 unspecified atom stereocenters. The Bertz CT molecular complexity index is 755. The molecule has 3 nitrogen and oxygen atoms in total. The Hall–Kier alpha value is -2.48. The van der Waals surface area contributed by atoms with E-state index in [9.17, 15) is 4.79 Å². The summed E-state index contributed by atoms with van der Waals surface area (Å²) in [6, 6.07) is 31.0. The molecular weight excluding hydrogens is 353 g/mol. The Labute approximate surface area is 161 Å². The Morgan fingerprint density at radius 2 is 1.19 bits per heavy atom. The van der Waals surface area contributed by atoms with Gasteiger partial charge in [-0.05, 0) is 43.3 Å². The summed E-state index contributed by atoms with van der Waals surface area (Å²) in [5.74, 6) is -0.359. The Kier molecular flexibility index (Phi) is 6.39. The van der Waals surface area contributed by atoms with E-state index >= 15 is 0 Å². The van der Waals surface area contributed by atoms with E-state index in [0.29, 0.717) is 6.61 Å². The van der Waals surface area contributed by atoms with Gasteiger partial charge in [0.25, 0.3) is 0 Å². The summed E-state index contributed by atoms with van der Waals surface area (Å²) in [7, 11) is -1.96. The first-order valence-corrected chi connectivity index (χ1v) is 11.1. The van der Waals surface area contributed by atoms with Crippen LogP contribution in [0.4, 0.5) is 0 Å². The molecule has 0 saturated heterocycles. The van der Waals surface area contributed by atoms with E-state index in [1.165, 1.54) is 15.9 Å². The summed E-state index contributed by atoms with van der Waals surface area (Å²) in [6.07, 6.45) is 0.740. The normalized spacial score (nSPS) is 12.4. The fraction of sp³-hybridized carbons (Fsp3) is 0.174. The smallest absolute Gasteiger partial charge is 0.322 e. The Morgan fingerprint density at radius 1 is 0.815 bits per heavy atom. The number of ether oxygens (including phenoxy) is 1. The lowest BCUT2D eigenvalue weighted by molar-refractivity contribution is -0.144. The van der Waals surface area contributed by atoms with E-state index in [-0.39, 0.29) is 5.97 Å². The van der Waals surface area contributed by atoms with Crippen LogP contribution in [0, 0.1) is 0 Å². The average Bonchev–Trinajstić information content (AvgIpc) is 2.73. The van der Waals surface area contributed by atoms with E-state index in [0.717, 1.165) is 6.16 Å². The molecule has 0 amide bonds. The Morgan fingerprint density at radius 3 is 1.52 bits per heavy atom. The highest BCUT2D eigenvalue weighted by molar-refractivity contribution is 7.95. The van der Waals surface area contributed by atoms with Gasteiger partial charge >= 0.3 is 5.97 Å². The lowest BCUT2D eigenvalue weighted by Gasteiger charge is -2.27. The van der Waals surface area contributed by atoms with Gasteiger partial charge < -0.3 is 10.5 Å². The van der Waals surface area contributed by atoms with E-state index in [4.69, 9.17) is 10.5 Å². The molecule has 0 bridgehead atoms. The maximum Gasteiger partial charge on any atom is 0.322 e. The molecule has 0 heterocycles. The predicted molar refractivity (Wildman–Crippen MR) is 115 cm³/mol. The molecule has 0 fully saturated rings. The van der Waals surface area contributed by atoms with Gasteiger partial charge in [0, 0.05) is 0 Å². The maximum atomic E-state index is 11.9. The number of carbonyl (C=O) groups excluding carboxylic acids is 1. The summed E-state index contributed by atoms with van der Waals surface area (Å²) in [6.45, 7) is 1.99. The van der Waals surface area contributed by atoms with Crippen LogP contribution in [-0.2, 0) is 9.53 Å². The molecule has 0 aliphatic heterocycles. The van der Waals surface area contributed by atoms with Crippen molar-refractivity contribution in [3.05, 3.63) is 91.0 Å². The first-order valence-electron chi connectivity index (χ1n) is 9.12. The summed E-state index contributed by atoms with van der Waals surface area (Å²) in [4.78, 5) is 11.9. The van der Waals surface area contributed by atoms with Crippen molar-refractivity contribution in [1.29, 1.82) is 0 Å². The number of carbonyl (C=O) groups is 1. The largest absolute Gasteiger partial charge is 0.461 e. The lowest BCUT2D eigenvalue weighted by Crippen LogP contribution is -2.36. The van der Waals surface area contributed by atoms with Crippen LogP contribution in [0.2, 0.25) is 0 Å².